The van der Waals surface area contributed by atoms with Crippen LogP contribution in [-0.2, 0) is 22.2 Å². The van der Waals surface area contributed by atoms with Gasteiger partial charge in [-0.25, -0.2) is 0 Å². The van der Waals surface area contributed by atoms with Gasteiger partial charge >= 0.3 is 6.18 Å². The summed E-state index contributed by atoms with van der Waals surface area (Å²) in [5.74, 6) is -0.429. The summed E-state index contributed by atoms with van der Waals surface area (Å²) in [5.41, 5.74) is -0.764. The van der Waals surface area contributed by atoms with E-state index in [0.29, 0.717) is 17.9 Å². The zero-order valence-corrected chi connectivity index (χ0v) is 14.8. The summed E-state index contributed by atoms with van der Waals surface area (Å²) in [5, 5.41) is 4.57. The second-order valence-corrected chi connectivity index (χ2v) is 5.74. The second-order valence-electron chi connectivity index (χ2n) is 5.74. The van der Waals surface area contributed by atoms with E-state index in [2.05, 4.69) is 10.6 Å². The molecule has 0 unspecified atom stereocenters. The molecule has 2 amide bonds. The predicted molar refractivity (Wildman–Crippen MR) is 95.7 cm³/mol. The average Bonchev–Trinajstić information content (AvgIpc) is 2.57. The highest BCUT2D eigenvalue weighted by atomic mass is 19.4. The summed E-state index contributed by atoms with van der Waals surface area (Å²) in [6.45, 7) is 3.55. The summed E-state index contributed by atoms with van der Waals surface area (Å²) in [6.07, 6.45) is -4.77. The molecule has 0 atom stereocenters. The summed E-state index contributed by atoms with van der Waals surface area (Å²) >= 11 is 0. The van der Waals surface area contributed by atoms with Crippen LogP contribution >= 0.6 is 0 Å². The Morgan fingerprint density at radius 2 is 1.70 bits per heavy atom. The highest BCUT2D eigenvalue weighted by Gasteiger charge is 2.34. The van der Waals surface area contributed by atoms with Crippen molar-refractivity contribution >= 4 is 23.2 Å². The number of alkyl halides is 3. The topological polar surface area (TPSA) is 67.4 Å². The van der Waals surface area contributed by atoms with Gasteiger partial charge in [-0.3, -0.25) is 9.59 Å². The molecule has 0 fully saturated rings. The Hall–Kier alpha value is -3.03. The number of carbonyl (C=O) groups excluding carboxylic acids is 2. The minimum atomic E-state index is -4.68. The van der Waals surface area contributed by atoms with Crippen LogP contribution in [0.3, 0.4) is 0 Å². The molecule has 0 saturated heterocycles. The fourth-order valence-corrected chi connectivity index (χ4v) is 2.42. The third-order valence-corrected chi connectivity index (χ3v) is 3.52. The lowest BCUT2D eigenvalue weighted by atomic mass is 10.1. The SMILES string of the molecule is CCOc1ccc(CC(=O)Nc2ccc(NC(C)=O)cc2C(F)(F)F)cc1. The minimum Gasteiger partial charge on any atom is -0.494 e. The van der Waals surface area contributed by atoms with Crippen molar-refractivity contribution in [1.29, 1.82) is 0 Å². The summed E-state index contributed by atoms with van der Waals surface area (Å²) in [4.78, 5) is 23.2. The summed E-state index contributed by atoms with van der Waals surface area (Å²) < 4.78 is 45.1. The highest BCUT2D eigenvalue weighted by Crippen LogP contribution is 2.36. The first kappa shape index (κ1) is 20.3. The number of benzene rings is 2. The molecular weight excluding hydrogens is 361 g/mol. The van der Waals surface area contributed by atoms with Crippen LogP contribution in [-0.4, -0.2) is 18.4 Å². The number of carbonyl (C=O) groups is 2. The van der Waals surface area contributed by atoms with E-state index in [1.54, 1.807) is 24.3 Å². The molecular formula is C19H19F3N2O3. The van der Waals surface area contributed by atoms with Crippen molar-refractivity contribution in [2.75, 3.05) is 17.2 Å². The van der Waals surface area contributed by atoms with E-state index in [1.165, 1.54) is 13.0 Å². The molecule has 0 radical (unpaired) electrons. The van der Waals surface area contributed by atoms with Gasteiger partial charge in [0, 0.05) is 12.6 Å². The molecule has 27 heavy (non-hydrogen) atoms. The third kappa shape index (κ3) is 6.02. The molecule has 0 aliphatic heterocycles. The van der Waals surface area contributed by atoms with E-state index in [1.807, 2.05) is 6.92 Å². The number of anilines is 2. The first-order valence-corrected chi connectivity index (χ1v) is 8.19. The van der Waals surface area contributed by atoms with E-state index in [-0.39, 0.29) is 17.8 Å². The highest BCUT2D eigenvalue weighted by molar-refractivity contribution is 5.94. The Balaban J connectivity index is 2.15. The van der Waals surface area contributed by atoms with Crippen LogP contribution < -0.4 is 15.4 Å². The van der Waals surface area contributed by atoms with Gasteiger partial charge in [-0.2, -0.15) is 13.2 Å². The Bertz CT molecular complexity index is 818. The number of ether oxygens (including phenoxy) is 1. The maximum atomic E-state index is 13.3. The van der Waals surface area contributed by atoms with Gasteiger partial charge in [0.1, 0.15) is 5.75 Å². The van der Waals surface area contributed by atoms with E-state index in [4.69, 9.17) is 4.74 Å². The quantitative estimate of drug-likeness (QED) is 0.788. The molecule has 0 saturated carbocycles. The maximum absolute atomic E-state index is 13.3. The molecule has 5 nitrogen and oxygen atoms in total. The minimum absolute atomic E-state index is 0.000614. The zero-order chi connectivity index (χ0) is 20.0. The van der Waals surface area contributed by atoms with Gasteiger partial charge in [0.2, 0.25) is 11.8 Å². The van der Waals surface area contributed by atoms with Crippen molar-refractivity contribution in [2.24, 2.45) is 0 Å². The van der Waals surface area contributed by atoms with Crippen LogP contribution in [0, 0.1) is 0 Å². The maximum Gasteiger partial charge on any atom is 0.418 e. The van der Waals surface area contributed by atoms with Crippen molar-refractivity contribution < 1.29 is 27.5 Å². The molecule has 2 rings (SSSR count). The molecule has 0 aliphatic carbocycles. The molecule has 144 valence electrons. The van der Waals surface area contributed by atoms with Crippen LogP contribution in [0.15, 0.2) is 42.5 Å². The van der Waals surface area contributed by atoms with Crippen molar-refractivity contribution in [3.8, 4) is 5.75 Å². The molecule has 2 aromatic carbocycles. The zero-order valence-electron chi connectivity index (χ0n) is 14.8. The first-order valence-electron chi connectivity index (χ1n) is 8.19. The number of halogens is 3. The monoisotopic (exact) mass is 380 g/mol. The van der Waals surface area contributed by atoms with Gasteiger partial charge in [0.25, 0.3) is 0 Å². The largest absolute Gasteiger partial charge is 0.494 e. The van der Waals surface area contributed by atoms with Crippen molar-refractivity contribution in [3.63, 3.8) is 0 Å². The number of rotatable bonds is 6. The standard InChI is InChI=1S/C19H19F3N2O3/c1-3-27-15-7-4-13(5-8-15)10-18(26)24-17-9-6-14(23-12(2)25)11-16(17)19(20,21)22/h4-9,11H,3,10H2,1-2H3,(H,23,25)(H,24,26). The van der Waals surface area contributed by atoms with E-state index >= 15 is 0 Å². The molecule has 0 aromatic heterocycles. The fourth-order valence-electron chi connectivity index (χ4n) is 2.42. The molecule has 0 bridgehead atoms. The predicted octanol–water partition coefficient (Wildman–Crippen LogP) is 4.24. The molecule has 0 aliphatic rings. The number of nitrogens with one attached hydrogen (secondary N) is 2. The van der Waals surface area contributed by atoms with E-state index in [9.17, 15) is 22.8 Å². The van der Waals surface area contributed by atoms with Gasteiger partial charge in [-0.15, -0.1) is 0 Å². The van der Waals surface area contributed by atoms with Crippen LogP contribution in [0.4, 0.5) is 24.5 Å². The normalized spacial score (nSPS) is 11.0. The van der Waals surface area contributed by atoms with Crippen LogP contribution in [0.25, 0.3) is 0 Å². The number of hydrogen-bond acceptors (Lipinski definition) is 3. The van der Waals surface area contributed by atoms with Gasteiger partial charge in [0.05, 0.1) is 24.3 Å². The van der Waals surface area contributed by atoms with Gasteiger partial charge in [0.15, 0.2) is 0 Å². The lowest BCUT2D eigenvalue weighted by Gasteiger charge is -2.15. The van der Waals surface area contributed by atoms with Gasteiger partial charge in [-0.1, -0.05) is 12.1 Å². The summed E-state index contributed by atoms with van der Waals surface area (Å²) in [6, 6.07) is 9.93. The van der Waals surface area contributed by atoms with E-state index < -0.39 is 23.6 Å². The van der Waals surface area contributed by atoms with Crippen molar-refractivity contribution in [3.05, 3.63) is 53.6 Å². The number of amides is 2. The molecule has 0 heterocycles. The fraction of sp³-hybridized carbons (Fsp3) is 0.263. The van der Waals surface area contributed by atoms with Crippen LogP contribution in [0.2, 0.25) is 0 Å². The number of hydrogen-bond donors (Lipinski definition) is 2. The van der Waals surface area contributed by atoms with E-state index in [0.717, 1.165) is 12.1 Å². The first-order chi connectivity index (χ1) is 12.7. The third-order valence-electron chi connectivity index (χ3n) is 3.52. The smallest absolute Gasteiger partial charge is 0.418 e. The Labute approximate surface area is 154 Å². The van der Waals surface area contributed by atoms with Crippen molar-refractivity contribution in [2.45, 2.75) is 26.4 Å². The Kier molecular flexibility index (Phi) is 6.44. The molecule has 2 aromatic rings. The Morgan fingerprint density at radius 1 is 1.04 bits per heavy atom. The molecule has 0 spiro atoms. The lowest BCUT2D eigenvalue weighted by Crippen LogP contribution is -2.19. The average molecular weight is 380 g/mol. The summed E-state index contributed by atoms with van der Waals surface area (Å²) in [7, 11) is 0. The van der Waals surface area contributed by atoms with Gasteiger partial charge < -0.3 is 15.4 Å². The molecule has 8 heteroatoms. The second kappa shape index (κ2) is 8.57. The molecule has 2 N–H and O–H groups in total. The van der Waals surface area contributed by atoms with Crippen LogP contribution in [0.1, 0.15) is 25.0 Å². The Morgan fingerprint density at radius 3 is 2.26 bits per heavy atom. The van der Waals surface area contributed by atoms with Gasteiger partial charge in [-0.05, 0) is 42.8 Å². The van der Waals surface area contributed by atoms with Crippen molar-refractivity contribution in [1.82, 2.24) is 0 Å². The van der Waals surface area contributed by atoms with Crippen LogP contribution in [0.5, 0.6) is 5.75 Å². The lowest BCUT2D eigenvalue weighted by molar-refractivity contribution is -0.137.